The van der Waals surface area contributed by atoms with E-state index in [1.54, 1.807) is 17.2 Å². The van der Waals surface area contributed by atoms with Crippen molar-refractivity contribution in [2.24, 2.45) is 0 Å². The van der Waals surface area contributed by atoms with Crippen molar-refractivity contribution in [1.82, 2.24) is 14.7 Å². The highest BCUT2D eigenvalue weighted by molar-refractivity contribution is 5.94. The van der Waals surface area contributed by atoms with Crippen LogP contribution < -0.4 is 0 Å². The largest absolute Gasteiger partial charge is 0.467 e. The average molecular weight is 506 g/mol. The Morgan fingerprint density at radius 3 is 2.67 bits per heavy atom. The highest BCUT2D eigenvalue weighted by Gasteiger charge is 2.27. The molecule has 1 amide bonds. The second kappa shape index (κ2) is 13.8. The fraction of sp³-hybridized carbons (Fsp3) is 0.577. The molecule has 10 heteroatoms. The predicted octanol–water partition coefficient (Wildman–Crippen LogP) is 1.47. The molecule has 1 aromatic carbocycles. The normalized spacial score (nSPS) is 20.3. The molecule has 0 unspecified atom stereocenters. The summed E-state index contributed by atoms with van der Waals surface area (Å²) in [5.41, 5.74) is 0.454. The van der Waals surface area contributed by atoms with Crippen molar-refractivity contribution in [3.05, 3.63) is 59.8 Å². The van der Waals surface area contributed by atoms with E-state index < -0.39 is 6.10 Å². The Kier molecular flexibility index (Phi) is 10.3. The first-order chi connectivity index (χ1) is 17.6. The van der Waals surface area contributed by atoms with Crippen molar-refractivity contribution in [3.8, 4) is 0 Å². The Morgan fingerprint density at radius 2 is 1.92 bits per heavy atom. The lowest BCUT2D eigenvalue weighted by atomic mass is 10.1. The quantitative estimate of drug-likeness (QED) is 0.464. The van der Waals surface area contributed by atoms with Gasteiger partial charge in [-0.15, -0.1) is 0 Å². The molecule has 2 atom stereocenters. The summed E-state index contributed by atoms with van der Waals surface area (Å²) in [6.07, 6.45) is 0.759. The van der Waals surface area contributed by atoms with E-state index in [2.05, 4.69) is 9.80 Å². The SMILES string of the molecule is O=C(c1ccc(F)cc1)N(CCN1CCOCC1)C[C@H]1CN(C[C@H](O)COCc2ccco2)CCO1. The van der Waals surface area contributed by atoms with Crippen LogP contribution in [0, 0.1) is 5.82 Å². The Bertz CT molecular complexity index is 907. The van der Waals surface area contributed by atoms with Crippen molar-refractivity contribution in [1.29, 1.82) is 0 Å². The number of morpholine rings is 2. The van der Waals surface area contributed by atoms with Crippen molar-refractivity contribution >= 4 is 5.91 Å². The minimum absolute atomic E-state index is 0.143. The predicted molar refractivity (Wildman–Crippen MR) is 130 cm³/mol. The minimum Gasteiger partial charge on any atom is -0.467 e. The second-order valence-corrected chi connectivity index (χ2v) is 9.21. The smallest absolute Gasteiger partial charge is 0.253 e. The third-order valence-electron chi connectivity index (χ3n) is 6.42. The monoisotopic (exact) mass is 505 g/mol. The summed E-state index contributed by atoms with van der Waals surface area (Å²) in [5, 5.41) is 10.4. The van der Waals surface area contributed by atoms with Gasteiger partial charge in [-0.1, -0.05) is 0 Å². The Morgan fingerprint density at radius 1 is 1.14 bits per heavy atom. The summed E-state index contributed by atoms with van der Waals surface area (Å²) in [7, 11) is 0. The zero-order valence-electron chi connectivity index (χ0n) is 20.6. The number of hydrogen-bond acceptors (Lipinski definition) is 8. The summed E-state index contributed by atoms with van der Waals surface area (Å²) in [5.74, 6) is 0.205. The number of ether oxygens (including phenoxy) is 3. The number of aliphatic hydroxyl groups is 1. The van der Waals surface area contributed by atoms with Crippen LogP contribution in [0.2, 0.25) is 0 Å². The topological polar surface area (TPSA) is 87.9 Å². The Hall–Kier alpha value is -2.34. The highest BCUT2D eigenvalue weighted by Crippen LogP contribution is 2.13. The van der Waals surface area contributed by atoms with E-state index in [9.17, 15) is 14.3 Å². The summed E-state index contributed by atoms with van der Waals surface area (Å²) >= 11 is 0. The first kappa shape index (κ1) is 26.7. The molecule has 3 heterocycles. The first-order valence-corrected chi connectivity index (χ1v) is 12.5. The lowest BCUT2D eigenvalue weighted by molar-refractivity contribution is -0.0610. The highest BCUT2D eigenvalue weighted by atomic mass is 19.1. The van der Waals surface area contributed by atoms with Crippen LogP contribution >= 0.6 is 0 Å². The van der Waals surface area contributed by atoms with Crippen LogP contribution in [0.3, 0.4) is 0 Å². The molecular weight excluding hydrogens is 469 g/mol. The van der Waals surface area contributed by atoms with Crippen LogP contribution in [-0.2, 0) is 20.8 Å². The standard InChI is InChI=1S/C26H36FN3O6/c27-22-5-3-21(4-6-22)26(32)30(8-7-28-9-13-33-14-10-28)18-25-17-29(11-15-36-25)16-23(31)19-34-20-24-2-1-12-35-24/h1-6,12,23,25,31H,7-11,13-20H2/t23-,25+/m0/s1. The van der Waals surface area contributed by atoms with Gasteiger partial charge in [0.15, 0.2) is 0 Å². The maximum Gasteiger partial charge on any atom is 0.253 e. The van der Waals surface area contributed by atoms with Gasteiger partial charge in [0.1, 0.15) is 18.2 Å². The first-order valence-electron chi connectivity index (χ1n) is 12.5. The molecule has 4 rings (SSSR count). The van der Waals surface area contributed by atoms with Crippen LogP contribution in [0.5, 0.6) is 0 Å². The molecule has 2 fully saturated rings. The summed E-state index contributed by atoms with van der Waals surface area (Å²) < 4.78 is 35.6. The van der Waals surface area contributed by atoms with E-state index in [1.165, 1.54) is 24.3 Å². The molecule has 1 N–H and O–H groups in total. The van der Waals surface area contributed by atoms with E-state index in [0.717, 1.165) is 25.4 Å². The fourth-order valence-corrected chi connectivity index (χ4v) is 4.48. The fourth-order valence-electron chi connectivity index (χ4n) is 4.48. The average Bonchev–Trinajstić information content (AvgIpc) is 3.41. The molecule has 198 valence electrons. The van der Waals surface area contributed by atoms with Gasteiger partial charge in [0.25, 0.3) is 5.91 Å². The molecule has 9 nitrogen and oxygen atoms in total. The number of halogens is 1. The Balaban J connectivity index is 1.29. The maximum atomic E-state index is 13.4. The zero-order chi connectivity index (χ0) is 25.2. The van der Waals surface area contributed by atoms with Crippen molar-refractivity contribution in [2.45, 2.75) is 18.8 Å². The van der Waals surface area contributed by atoms with Gasteiger partial charge in [-0.3, -0.25) is 14.6 Å². The van der Waals surface area contributed by atoms with Crippen molar-refractivity contribution in [2.75, 3.05) is 78.8 Å². The number of benzene rings is 1. The molecule has 0 aliphatic carbocycles. The number of carbonyl (C=O) groups excluding carboxylic acids is 1. The number of β-amino-alcohol motifs (C(OH)–C–C–N with tert-alkyl or cyclic N) is 1. The molecule has 0 radical (unpaired) electrons. The lowest BCUT2D eigenvalue weighted by Crippen LogP contribution is -2.52. The van der Waals surface area contributed by atoms with Gasteiger partial charge in [-0.05, 0) is 36.4 Å². The summed E-state index contributed by atoms with van der Waals surface area (Å²) in [4.78, 5) is 19.5. The second-order valence-electron chi connectivity index (χ2n) is 9.21. The van der Waals surface area contributed by atoms with Gasteiger partial charge >= 0.3 is 0 Å². The molecule has 1 aromatic heterocycles. The van der Waals surface area contributed by atoms with Crippen LogP contribution in [0.4, 0.5) is 4.39 Å². The van der Waals surface area contributed by atoms with Crippen LogP contribution in [0.25, 0.3) is 0 Å². The third-order valence-corrected chi connectivity index (χ3v) is 6.42. The number of furan rings is 1. The van der Waals surface area contributed by atoms with Gasteiger partial charge in [0.2, 0.25) is 0 Å². The van der Waals surface area contributed by atoms with E-state index in [4.69, 9.17) is 18.6 Å². The molecule has 2 aromatic rings. The Labute approximate surface area is 211 Å². The maximum absolute atomic E-state index is 13.4. The van der Waals surface area contributed by atoms with Gasteiger partial charge in [-0.2, -0.15) is 0 Å². The van der Waals surface area contributed by atoms with Crippen LogP contribution in [0.15, 0.2) is 47.1 Å². The van der Waals surface area contributed by atoms with Crippen molar-refractivity contribution < 1.29 is 32.9 Å². The van der Waals surface area contributed by atoms with Crippen LogP contribution in [-0.4, -0.2) is 117 Å². The lowest BCUT2D eigenvalue weighted by Gasteiger charge is -2.37. The number of amides is 1. The molecule has 2 aliphatic heterocycles. The molecular formula is C26H36FN3O6. The molecule has 0 spiro atoms. The molecule has 0 bridgehead atoms. The summed E-state index contributed by atoms with van der Waals surface area (Å²) in [6.45, 7) is 7.56. The van der Waals surface area contributed by atoms with Gasteiger partial charge in [0.05, 0.1) is 44.9 Å². The number of aliphatic hydroxyl groups excluding tert-OH is 1. The van der Waals surface area contributed by atoms with Crippen LogP contribution in [0.1, 0.15) is 16.1 Å². The van der Waals surface area contributed by atoms with Gasteiger partial charge in [-0.25, -0.2) is 4.39 Å². The van der Waals surface area contributed by atoms with Gasteiger partial charge < -0.3 is 28.6 Å². The summed E-state index contributed by atoms with van der Waals surface area (Å²) in [6, 6.07) is 9.28. The third kappa shape index (κ3) is 8.36. The van der Waals surface area contributed by atoms with E-state index in [1.807, 2.05) is 6.07 Å². The molecule has 0 saturated carbocycles. The van der Waals surface area contributed by atoms with E-state index >= 15 is 0 Å². The number of hydrogen-bond donors (Lipinski definition) is 1. The van der Waals surface area contributed by atoms with Crippen molar-refractivity contribution in [3.63, 3.8) is 0 Å². The van der Waals surface area contributed by atoms with E-state index in [-0.39, 0.29) is 24.4 Å². The minimum atomic E-state index is -0.642. The number of carbonyl (C=O) groups is 1. The van der Waals surface area contributed by atoms with Gasteiger partial charge in [0, 0.05) is 57.9 Å². The molecule has 36 heavy (non-hydrogen) atoms. The number of rotatable bonds is 12. The molecule has 2 saturated heterocycles. The molecule has 2 aliphatic rings. The zero-order valence-corrected chi connectivity index (χ0v) is 20.6. The van der Waals surface area contributed by atoms with E-state index in [0.29, 0.717) is 64.7 Å². The number of nitrogens with zero attached hydrogens (tertiary/aromatic N) is 3.